The van der Waals surface area contributed by atoms with E-state index in [0.29, 0.717) is 24.1 Å². The molecule has 0 aliphatic rings. The zero-order chi connectivity index (χ0) is 13.1. The van der Waals surface area contributed by atoms with E-state index >= 15 is 0 Å². The fourth-order valence-electron chi connectivity index (χ4n) is 1.60. The second-order valence-corrected chi connectivity index (χ2v) is 3.91. The largest absolute Gasteiger partial charge is 0.417 e. The molecule has 6 heteroatoms. The second kappa shape index (κ2) is 4.87. The number of aromatic nitrogens is 1. The van der Waals surface area contributed by atoms with Gasteiger partial charge in [0.25, 0.3) is 5.91 Å². The van der Waals surface area contributed by atoms with Gasteiger partial charge in [0.1, 0.15) is 0 Å². The molecule has 0 saturated heterocycles. The van der Waals surface area contributed by atoms with E-state index in [1.807, 2.05) is 0 Å². The van der Waals surface area contributed by atoms with E-state index in [-0.39, 0.29) is 0 Å². The average molecular weight is 248 g/mol. The summed E-state index contributed by atoms with van der Waals surface area (Å²) in [5.74, 6) is -1.59. The molecular weight excluding hydrogens is 236 g/mol. The molecule has 0 bridgehead atoms. The van der Waals surface area contributed by atoms with Crippen molar-refractivity contribution >= 4 is 22.8 Å². The van der Waals surface area contributed by atoms with Crippen molar-refractivity contribution in [2.75, 3.05) is 6.54 Å². The number of benzene rings is 1. The number of H-pyrrole nitrogens is 1. The lowest BCUT2D eigenvalue weighted by Crippen LogP contribution is -2.30. The standard InChI is InChI=1S/C12H12N2O4/c1-7(15)11(16)13-5-4-8-2-3-10-9(6-8)14-12(17)18-10/h2-3,6H,4-5H2,1H3,(H,13,16)(H,14,17). The highest BCUT2D eigenvalue weighted by Gasteiger charge is 2.06. The van der Waals surface area contributed by atoms with Gasteiger partial charge in [-0.05, 0) is 24.1 Å². The molecule has 1 aromatic carbocycles. The SMILES string of the molecule is CC(=O)C(=O)NCCc1ccc2oc(=O)[nH]c2c1. The normalized spacial score (nSPS) is 10.5. The number of carbonyl (C=O) groups is 2. The molecule has 0 spiro atoms. The Morgan fingerprint density at radius 2 is 2.17 bits per heavy atom. The van der Waals surface area contributed by atoms with Crippen molar-refractivity contribution in [1.29, 1.82) is 0 Å². The Morgan fingerprint density at radius 1 is 1.39 bits per heavy atom. The third-order valence-electron chi connectivity index (χ3n) is 2.50. The Balaban J connectivity index is 2.01. The fourth-order valence-corrected chi connectivity index (χ4v) is 1.60. The minimum atomic E-state index is -0.590. The highest BCUT2D eigenvalue weighted by atomic mass is 16.4. The first-order chi connectivity index (χ1) is 8.56. The Bertz CT molecular complexity index is 653. The number of Topliss-reactive ketones (excluding diaryl/α,β-unsaturated/α-hetero) is 1. The van der Waals surface area contributed by atoms with Gasteiger partial charge in [0.05, 0.1) is 5.52 Å². The summed E-state index contributed by atoms with van der Waals surface area (Å²) < 4.78 is 4.87. The number of aromatic amines is 1. The Morgan fingerprint density at radius 3 is 2.89 bits per heavy atom. The van der Waals surface area contributed by atoms with Crippen LogP contribution in [-0.4, -0.2) is 23.2 Å². The maximum absolute atomic E-state index is 11.0. The molecule has 0 aliphatic carbocycles. The number of rotatable bonds is 4. The number of fused-ring (bicyclic) bond motifs is 1. The first-order valence-corrected chi connectivity index (χ1v) is 5.47. The molecule has 1 heterocycles. The van der Waals surface area contributed by atoms with Gasteiger partial charge in [-0.2, -0.15) is 0 Å². The minimum absolute atomic E-state index is 0.367. The smallest absolute Gasteiger partial charge is 0.408 e. The topological polar surface area (TPSA) is 92.2 Å². The molecule has 0 fully saturated rings. The molecule has 0 radical (unpaired) electrons. The van der Waals surface area contributed by atoms with Gasteiger partial charge in [-0.3, -0.25) is 14.6 Å². The van der Waals surface area contributed by atoms with Crippen LogP contribution in [0.15, 0.2) is 27.4 Å². The number of oxazole rings is 1. The molecule has 18 heavy (non-hydrogen) atoms. The number of hydrogen-bond donors (Lipinski definition) is 2. The molecule has 1 aromatic heterocycles. The predicted molar refractivity (Wildman–Crippen MR) is 64.2 cm³/mol. The molecule has 2 rings (SSSR count). The van der Waals surface area contributed by atoms with Crippen molar-refractivity contribution in [1.82, 2.24) is 10.3 Å². The summed E-state index contributed by atoms with van der Waals surface area (Å²) in [7, 11) is 0. The van der Waals surface area contributed by atoms with Crippen molar-refractivity contribution in [2.45, 2.75) is 13.3 Å². The molecule has 2 N–H and O–H groups in total. The minimum Gasteiger partial charge on any atom is -0.408 e. The van der Waals surface area contributed by atoms with Crippen molar-refractivity contribution in [3.63, 3.8) is 0 Å². The Hall–Kier alpha value is -2.37. The second-order valence-electron chi connectivity index (χ2n) is 3.91. The van der Waals surface area contributed by atoms with Crippen LogP contribution in [0.5, 0.6) is 0 Å². The Kier molecular flexibility index (Phi) is 3.27. The molecule has 0 saturated carbocycles. The molecule has 1 amide bonds. The first kappa shape index (κ1) is 12.1. The van der Waals surface area contributed by atoms with Gasteiger partial charge in [0, 0.05) is 13.5 Å². The van der Waals surface area contributed by atoms with Crippen molar-refractivity contribution in [3.05, 3.63) is 34.3 Å². The van der Waals surface area contributed by atoms with Crippen LogP contribution in [0.3, 0.4) is 0 Å². The van der Waals surface area contributed by atoms with Gasteiger partial charge in [0.2, 0.25) is 5.78 Å². The third-order valence-corrected chi connectivity index (χ3v) is 2.50. The molecule has 94 valence electrons. The highest BCUT2D eigenvalue weighted by molar-refractivity contribution is 6.35. The monoisotopic (exact) mass is 248 g/mol. The van der Waals surface area contributed by atoms with Crippen LogP contribution in [0, 0.1) is 0 Å². The summed E-state index contributed by atoms with van der Waals surface area (Å²) in [6.07, 6.45) is 0.572. The number of nitrogens with one attached hydrogen (secondary N) is 2. The molecule has 0 unspecified atom stereocenters. The summed E-state index contributed by atoms with van der Waals surface area (Å²) in [6.45, 7) is 1.59. The predicted octanol–water partition coefficient (Wildman–Crippen LogP) is 0.369. The lowest BCUT2D eigenvalue weighted by atomic mass is 10.1. The van der Waals surface area contributed by atoms with E-state index in [0.717, 1.165) is 5.56 Å². The number of hydrogen-bond acceptors (Lipinski definition) is 4. The summed E-state index contributed by atoms with van der Waals surface area (Å²) in [6, 6.07) is 5.27. The van der Waals surface area contributed by atoms with Gasteiger partial charge in [0.15, 0.2) is 5.58 Å². The van der Waals surface area contributed by atoms with E-state index in [4.69, 9.17) is 4.42 Å². The summed E-state index contributed by atoms with van der Waals surface area (Å²) in [5, 5.41) is 2.50. The average Bonchev–Trinajstić information content (AvgIpc) is 2.68. The fraction of sp³-hybridized carbons (Fsp3) is 0.250. The van der Waals surface area contributed by atoms with Crippen LogP contribution in [0.4, 0.5) is 0 Å². The highest BCUT2D eigenvalue weighted by Crippen LogP contribution is 2.12. The van der Waals surface area contributed by atoms with E-state index in [9.17, 15) is 14.4 Å². The van der Waals surface area contributed by atoms with Crippen molar-refractivity contribution < 1.29 is 14.0 Å². The maximum atomic E-state index is 11.0. The van der Waals surface area contributed by atoms with Crippen LogP contribution in [-0.2, 0) is 16.0 Å². The zero-order valence-electron chi connectivity index (χ0n) is 9.78. The van der Waals surface area contributed by atoms with Gasteiger partial charge in [-0.25, -0.2) is 4.79 Å². The third kappa shape index (κ3) is 2.65. The molecule has 0 atom stereocenters. The van der Waals surface area contributed by atoms with Crippen LogP contribution >= 0.6 is 0 Å². The summed E-state index contributed by atoms with van der Waals surface area (Å²) >= 11 is 0. The van der Waals surface area contributed by atoms with Crippen LogP contribution in [0.1, 0.15) is 12.5 Å². The first-order valence-electron chi connectivity index (χ1n) is 5.47. The zero-order valence-corrected chi connectivity index (χ0v) is 9.78. The summed E-state index contributed by atoms with van der Waals surface area (Å²) in [4.78, 5) is 35.2. The van der Waals surface area contributed by atoms with Gasteiger partial charge >= 0.3 is 5.76 Å². The summed E-state index contributed by atoms with van der Waals surface area (Å²) in [5.41, 5.74) is 2.05. The van der Waals surface area contributed by atoms with Crippen LogP contribution in [0.2, 0.25) is 0 Å². The van der Waals surface area contributed by atoms with Gasteiger partial charge in [-0.15, -0.1) is 0 Å². The lowest BCUT2D eigenvalue weighted by Gasteiger charge is -2.02. The Labute approximate surface area is 102 Å². The van der Waals surface area contributed by atoms with E-state index in [1.54, 1.807) is 18.2 Å². The number of amides is 1. The van der Waals surface area contributed by atoms with E-state index in [1.165, 1.54) is 6.92 Å². The molecule has 0 aliphatic heterocycles. The molecular formula is C12H12N2O4. The van der Waals surface area contributed by atoms with Crippen molar-refractivity contribution in [3.8, 4) is 0 Å². The van der Waals surface area contributed by atoms with Crippen LogP contribution in [0.25, 0.3) is 11.1 Å². The maximum Gasteiger partial charge on any atom is 0.417 e. The quantitative estimate of drug-likeness (QED) is 0.764. The van der Waals surface area contributed by atoms with Gasteiger partial charge < -0.3 is 9.73 Å². The van der Waals surface area contributed by atoms with E-state index in [2.05, 4.69) is 10.3 Å². The molecule has 2 aromatic rings. The number of carbonyl (C=O) groups excluding carboxylic acids is 2. The molecule has 6 nitrogen and oxygen atoms in total. The van der Waals surface area contributed by atoms with Crippen molar-refractivity contribution in [2.24, 2.45) is 0 Å². The van der Waals surface area contributed by atoms with E-state index < -0.39 is 17.4 Å². The van der Waals surface area contributed by atoms with Crippen LogP contribution < -0.4 is 11.1 Å². The number of ketones is 1. The van der Waals surface area contributed by atoms with Gasteiger partial charge in [-0.1, -0.05) is 6.07 Å². The lowest BCUT2D eigenvalue weighted by molar-refractivity contribution is -0.136.